The standard InChI is InChI=1S/C24H19BrClNO4S.C20H11BrClNO4S.C15H16ClNO2S.C8H4BrNO3.CH4/c1-24(2,3)31-23(29)21-16(13-4-7-15(26)8-5-13)12-32-20(21)11-18(28)22-27-17-10-14(25)6-9-19(17)30-22;21-11-3-6-16-14(7-11)23-19(27-16)15(24)8-17-18(20(25)26)13(9-28-17)10-1-4-12(22)5-2-10;1-15(2,3)19-14(18)12-11(8-20-13(12)17)9-4-6-10(16)7-5-9;9-4-1-2-6-5(3-4)10-7(13-6)8(11)12;/h4-10,12H,11H2,1-3H3;1-7,9H,8H2,(H,25,26);4-8H,17H2,1-3H3;1-3H,(H,11,12);1H4. The van der Waals surface area contributed by atoms with Crippen molar-refractivity contribution in [2.75, 3.05) is 5.73 Å². The molecule has 6 aromatic heterocycles. The number of anilines is 1. The third kappa shape index (κ3) is 18.3. The third-order valence-electron chi connectivity index (χ3n) is 12.8. The molecule has 0 aliphatic carbocycles. The first-order valence-electron chi connectivity index (χ1n) is 27.5. The van der Waals surface area contributed by atoms with Gasteiger partial charge in [0.25, 0.3) is 11.8 Å². The molecule has 0 aliphatic heterocycles. The van der Waals surface area contributed by atoms with E-state index in [0.717, 1.165) is 35.7 Å². The van der Waals surface area contributed by atoms with Crippen molar-refractivity contribution < 1.29 is 61.7 Å². The molecule has 0 amide bonds. The van der Waals surface area contributed by atoms with Crippen LogP contribution in [-0.2, 0) is 22.3 Å². The van der Waals surface area contributed by atoms with Crippen molar-refractivity contribution in [3.8, 4) is 33.4 Å². The number of oxazole rings is 3. The zero-order valence-electron chi connectivity index (χ0n) is 49.6. The largest absolute Gasteiger partial charge is 0.478 e. The summed E-state index contributed by atoms with van der Waals surface area (Å²) in [4.78, 5) is 86.7. The lowest BCUT2D eigenvalue weighted by molar-refractivity contribution is 0.00583. The zero-order chi connectivity index (χ0) is 67.2. The first-order chi connectivity index (χ1) is 44.0. The van der Waals surface area contributed by atoms with Crippen LogP contribution in [0.15, 0.2) is 170 Å². The zero-order valence-corrected chi connectivity index (χ0v) is 59.0. The predicted molar refractivity (Wildman–Crippen MR) is 381 cm³/mol. The number of nitrogens with two attached hydrogens (primary N) is 1. The topological polar surface area (TPSA) is 265 Å². The molecule has 6 aromatic carbocycles. The molecule has 12 aromatic rings. The number of Topliss-reactive ketones (excluding diaryl/α,β-unsaturated/α-hetero) is 2. The number of ketones is 2. The molecule has 0 saturated carbocycles. The van der Waals surface area contributed by atoms with Gasteiger partial charge in [-0.05, 0) is 160 Å². The average molecular weight is 1580 g/mol. The second kappa shape index (κ2) is 30.7. The number of carboxylic acids is 2. The smallest absolute Gasteiger partial charge is 0.392 e. The number of benzene rings is 6. The Bertz CT molecular complexity index is 4790. The third-order valence-corrected chi connectivity index (χ3v) is 17.8. The fourth-order valence-corrected chi connectivity index (χ4v) is 13.1. The lowest BCUT2D eigenvalue weighted by Gasteiger charge is -2.20. The Morgan fingerprint density at radius 3 is 1.15 bits per heavy atom. The molecule has 0 saturated heterocycles. The van der Waals surface area contributed by atoms with Gasteiger partial charge in [-0.3, -0.25) is 9.59 Å². The number of thiophene rings is 3. The maximum atomic E-state index is 13.1. The van der Waals surface area contributed by atoms with Gasteiger partial charge in [0.15, 0.2) is 16.7 Å². The molecule has 4 N–H and O–H groups in total. The minimum atomic E-state index is -1.16. The summed E-state index contributed by atoms with van der Waals surface area (Å²) < 4.78 is 29.7. The highest BCUT2D eigenvalue weighted by atomic mass is 79.9. The second-order valence-corrected chi connectivity index (χ2v) is 28.9. The first kappa shape index (κ1) is 72.0. The van der Waals surface area contributed by atoms with E-state index >= 15 is 0 Å². The summed E-state index contributed by atoms with van der Waals surface area (Å²) in [5, 5.41) is 26.0. The lowest BCUT2D eigenvalue weighted by Crippen LogP contribution is -2.24. The number of aromatic carboxylic acids is 2. The molecule has 0 spiro atoms. The quantitative estimate of drug-likeness (QED) is 0.0715. The fourth-order valence-electron chi connectivity index (χ4n) is 8.76. The van der Waals surface area contributed by atoms with Gasteiger partial charge in [-0.2, -0.15) is 0 Å². The highest BCUT2D eigenvalue weighted by Gasteiger charge is 2.30. The monoisotopic (exact) mass is 1570 g/mol. The molecule has 94 heavy (non-hydrogen) atoms. The van der Waals surface area contributed by atoms with Gasteiger partial charge in [-0.25, -0.2) is 34.1 Å². The van der Waals surface area contributed by atoms with Crippen molar-refractivity contribution in [2.24, 2.45) is 0 Å². The van der Waals surface area contributed by atoms with E-state index in [1.807, 2.05) is 61.9 Å². The molecule has 0 fully saturated rings. The van der Waals surface area contributed by atoms with E-state index in [1.165, 1.54) is 34.0 Å². The van der Waals surface area contributed by atoms with Crippen LogP contribution in [0.25, 0.3) is 66.7 Å². The van der Waals surface area contributed by atoms with Gasteiger partial charge in [0.1, 0.15) is 38.3 Å². The van der Waals surface area contributed by atoms with Gasteiger partial charge in [-0.15, -0.1) is 34.0 Å². The minimum Gasteiger partial charge on any atom is -0.478 e. The predicted octanol–water partition coefficient (Wildman–Crippen LogP) is 21.0. The Hall–Kier alpha value is -7.84. The van der Waals surface area contributed by atoms with Crippen LogP contribution in [-0.4, -0.2) is 71.8 Å². The summed E-state index contributed by atoms with van der Waals surface area (Å²) in [6, 6.07) is 37.1. The van der Waals surface area contributed by atoms with Crippen molar-refractivity contribution in [1.82, 2.24) is 15.0 Å². The maximum Gasteiger partial charge on any atom is 0.392 e. The van der Waals surface area contributed by atoms with Crippen LogP contribution in [0.3, 0.4) is 0 Å². The number of fused-ring (bicyclic) bond motifs is 3. The van der Waals surface area contributed by atoms with Crippen LogP contribution < -0.4 is 5.73 Å². The van der Waals surface area contributed by atoms with Crippen molar-refractivity contribution in [2.45, 2.75) is 73.0 Å². The number of halogens is 6. The molecular formula is C68H54Br3Cl3N4O13S3. The Balaban J connectivity index is 0.000000167. The van der Waals surface area contributed by atoms with Crippen LogP contribution >= 0.6 is 117 Å². The number of nitrogen functional groups attached to an aromatic ring is 1. The van der Waals surface area contributed by atoms with Crippen molar-refractivity contribution >= 4 is 190 Å². The van der Waals surface area contributed by atoms with Crippen LogP contribution in [0.1, 0.15) is 122 Å². The summed E-state index contributed by atoms with van der Waals surface area (Å²) in [5.74, 6) is -4.13. The minimum absolute atomic E-state index is 0. The van der Waals surface area contributed by atoms with E-state index in [9.17, 15) is 33.9 Å². The SMILES string of the molecule is C.CC(C)(C)OC(=O)c1c(-c2ccc(Cl)cc2)csc1CC(=O)c1nc2cc(Br)ccc2o1.CC(C)(C)OC(=O)c1c(-c2ccc(Cl)cc2)csc1N.O=C(Cc1scc(-c2ccc(Cl)cc2)c1C(=O)O)c1nc2cc(Br)ccc2o1.O=C(O)c1nc2cc(Br)ccc2o1. The van der Waals surface area contributed by atoms with Crippen LogP contribution in [0.4, 0.5) is 5.00 Å². The number of ether oxygens (including phenoxy) is 2. The second-order valence-electron chi connectivity index (χ2n) is 22.0. The summed E-state index contributed by atoms with van der Waals surface area (Å²) >= 11 is 31.7. The first-order valence-corrected chi connectivity index (χ1v) is 33.7. The molecule has 484 valence electrons. The number of rotatable bonds is 13. The van der Waals surface area contributed by atoms with E-state index in [1.54, 1.807) is 123 Å². The number of nitrogens with zero attached hydrogens (tertiary/aromatic N) is 3. The van der Waals surface area contributed by atoms with E-state index < -0.39 is 35.1 Å². The highest BCUT2D eigenvalue weighted by Crippen LogP contribution is 2.38. The molecule has 0 atom stereocenters. The summed E-state index contributed by atoms with van der Waals surface area (Å²) in [6.07, 6.45) is -0.130. The Kier molecular flexibility index (Phi) is 23.5. The lowest BCUT2D eigenvalue weighted by atomic mass is 10.0. The van der Waals surface area contributed by atoms with E-state index in [2.05, 4.69) is 62.7 Å². The van der Waals surface area contributed by atoms with E-state index in [4.69, 9.17) is 68.4 Å². The Labute approximate surface area is 590 Å². The molecule has 0 unspecified atom stereocenters. The van der Waals surface area contributed by atoms with E-state index in [0.29, 0.717) is 85.4 Å². The van der Waals surface area contributed by atoms with Gasteiger partial charge in [-0.1, -0.05) is 126 Å². The number of hydrogen-bond acceptors (Lipinski definition) is 18. The molecule has 0 aliphatic rings. The number of aromatic nitrogens is 3. The molecular weight excluding hydrogens is 1520 g/mol. The van der Waals surface area contributed by atoms with Crippen molar-refractivity contribution in [3.05, 3.63) is 216 Å². The summed E-state index contributed by atoms with van der Waals surface area (Å²) in [7, 11) is 0. The molecule has 26 heteroatoms. The van der Waals surface area contributed by atoms with Gasteiger partial charge in [0.05, 0.1) is 24.0 Å². The average Bonchev–Trinajstić information content (AvgIpc) is 1.64. The summed E-state index contributed by atoms with van der Waals surface area (Å²) in [6.45, 7) is 10.9. The molecule has 6 heterocycles. The van der Waals surface area contributed by atoms with Gasteiger partial charge in [0.2, 0.25) is 11.6 Å². The van der Waals surface area contributed by atoms with Crippen LogP contribution in [0.5, 0.6) is 0 Å². The number of carbonyl (C=O) groups excluding carboxylic acids is 4. The Morgan fingerprint density at radius 1 is 0.468 bits per heavy atom. The van der Waals surface area contributed by atoms with Gasteiger partial charge >= 0.3 is 29.8 Å². The Morgan fingerprint density at radius 2 is 0.787 bits per heavy atom. The maximum absolute atomic E-state index is 13.1. The highest BCUT2D eigenvalue weighted by molar-refractivity contribution is 9.11. The molecule has 0 bridgehead atoms. The van der Waals surface area contributed by atoms with Crippen molar-refractivity contribution in [1.29, 1.82) is 0 Å². The molecule has 0 radical (unpaired) electrons. The fraction of sp³-hybridized carbons (Fsp3) is 0.162. The van der Waals surface area contributed by atoms with Crippen molar-refractivity contribution in [3.63, 3.8) is 0 Å². The normalized spacial score (nSPS) is 11.1. The molecule has 17 nitrogen and oxygen atoms in total. The molecule has 12 rings (SSSR count). The van der Waals surface area contributed by atoms with Gasteiger partial charge in [0, 0.05) is 60.3 Å². The number of carboxylic acid groups (broad SMARTS) is 2. The van der Waals surface area contributed by atoms with Gasteiger partial charge < -0.3 is 38.7 Å². The number of hydrogen-bond donors (Lipinski definition) is 3. The van der Waals surface area contributed by atoms with Crippen LogP contribution in [0, 0.1) is 0 Å². The number of esters is 2. The summed E-state index contributed by atoms with van der Waals surface area (Å²) in [5.41, 5.74) is 13.2. The number of carbonyl (C=O) groups is 6. The van der Waals surface area contributed by atoms with Crippen LogP contribution in [0.2, 0.25) is 15.1 Å². The van der Waals surface area contributed by atoms with E-state index in [-0.39, 0.29) is 55.1 Å².